The van der Waals surface area contributed by atoms with Crippen molar-refractivity contribution >= 4 is 0 Å². The number of hydrogen-bond donors (Lipinski definition) is 0. The summed E-state index contributed by atoms with van der Waals surface area (Å²) in [5.41, 5.74) is 0. The molecule has 0 aromatic heterocycles. The van der Waals surface area contributed by atoms with Crippen LogP contribution in [0.4, 0.5) is 0 Å². The van der Waals surface area contributed by atoms with Crippen LogP contribution in [0.1, 0.15) is 0 Å². The van der Waals surface area contributed by atoms with Crippen LogP contribution in [0.3, 0.4) is 0 Å². The van der Waals surface area contributed by atoms with Crippen LogP contribution in [0, 0.1) is 6.65 Å². The van der Waals surface area contributed by atoms with Crippen molar-refractivity contribution in [2.24, 2.45) is 0 Å². The van der Waals surface area contributed by atoms with Gasteiger partial charge in [-0.05, 0) is 0 Å². The van der Waals surface area contributed by atoms with Gasteiger partial charge in [-0.15, -0.1) is 0 Å². The van der Waals surface area contributed by atoms with Gasteiger partial charge < -0.3 is 5.48 Å². The average Bonchev–Trinajstić information content (AvgIpc) is 1.00. The van der Waals surface area contributed by atoms with E-state index >= 15 is 0 Å². The first-order valence-corrected chi connectivity index (χ1v) is 0.204. The van der Waals surface area contributed by atoms with Gasteiger partial charge in [0.05, 0.1) is 0 Å². The molecule has 0 aliphatic rings. The van der Waals surface area contributed by atoms with Crippen LogP contribution < -0.4 is 0 Å². The maximum atomic E-state index is 7.50. The van der Waals surface area contributed by atoms with E-state index in [4.69, 9.17) is 4.65 Å². The van der Waals surface area contributed by atoms with Gasteiger partial charge in [-0.3, -0.25) is 0 Å². The Bertz CT molecular complexity index is 10.8. The molecule has 0 heterocycles. The van der Waals surface area contributed by atoms with Gasteiger partial charge >= 0.3 is 33.0 Å². The summed E-state index contributed by atoms with van der Waals surface area (Å²) in [6.45, 7) is 4.50. The Morgan fingerprint density at radius 2 is 1.25 bits per heavy atom. The maximum Gasteiger partial charge on any atom is 4.00 e. The van der Waals surface area contributed by atoms with Gasteiger partial charge in [0.15, 0.2) is 0 Å². The van der Waals surface area contributed by atoms with Gasteiger partial charge in [0.1, 0.15) is 0 Å². The standard InChI is InChI=1S/CO.H2O.Ti/c1-2;;/h;1H2;/q;;+4. The van der Waals surface area contributed by atoms with Crippen molar-refractivity contribution in [3.8, 4) is 0 Å². The molecular formula is CH2O2Ti+4. The fourth-order valence-electron chi connectivity index (χ4n) is 0. The molecule has 0 unspecified atom stereocenters. The molecule has 0 radical (unpaired) electrons. The Labute approximate surface area is 39.1 Å². The molecule has 0 fully saturated rings. The van der Waals surface area contributed by atoms with Crippen molar-refractivity contribution in [1.29, 1.82) is 0 Å². The third-order valence-electron chi connectivity index (χ3n) is 0. The average molecular weight is 93.9 g/mol. The molecule has 0 aromatic rings. The van der Waals surface area contributed by atoms with Crippen LogP contribution in [0.5, 0.6) is 0 Å². The summed E-state index contributed by atoms with van der Waals surface area (Å²) in [7, 11) is 0. The first kappa shape index (κ1) is 25.7. The van der Waals surface area contributed by atoms with E-state index in [1.54, 1.807) is 0 Å². The van der Waals surface area contributed by atoms with Crippen molar-refractivity contribution in [3.05, 3.63) is 6.65 Å². The van der Waals surface area contributed by atoms with Gasteiger partial charge in [-0.1, -0.05) is 0 Å². The quantitative estimate of drug-likeness (QED) is 0.213. The zero-order chi connectivity index (χ0) is 2.00. The summed E-state index contributed by atoms with van der Waals surface area (Å²) in [5.74, 6) is 0. The molecule has 2 N–H and O–H groups in total. The predicted octanol–water partition coefficient (Wildman–Crippen LogP) is -0.865. The maximum absolute atomic E-state index is 7.50. The molecule has 0 saturated heterocycles. The zero-order valence-corrected chi connectivity index (χ0v) is 3.47. The molecule has 18 valence electrons. The van der Waals surface area contributed by atoms with E-state index in [1.807, 2.05) is 0 Å². The molecule has 0 spiro atoms. The first-order valence-electron chi connectivity index (χ1n) is 0.204. The summed E-state index contributed by atoms with van der Waals surface area (Å²) in [4.78, 5) is 0. The Kier molecular flexibility index (Phi) is 746. The third-order valence-corrected chi connectivity index (χ3v) is 0. The van der Waals surface area contributed by atoms with Gasteiger partial charge in [0.2, 0.25) is 0 Å². The summed E-state index contributed by atoms with van der Waals surface area (Å²) in [5, 5.41) is 0. The van der Waals surface area contributed by atoms with Crippen molar-refractivity contribution in [3.63, 3.8) is 0 Å². The normalized spacial score (nSPS) is 0.500. The third kappa shape index (κ3) is 28.1. The Hall–Kier alpha value is 0.414. The van der Waals surface area contributed by atoms with Crippen LogP contribution in [0.2, 0.25) is 0 Å². The summed E-state index contributed by atoms with van der Waals surface area (Å²) >= 11 is 0. The fourth-order valence-corrected chi connectivity index (χ4v) is 0. The molecule has 0 atom stereocenters. The SMILES string of the molecule is O.[C-]#[O+].[Ti+4]. The van der Waals surface area contributed by atoms with Gasteiger partial charge in [-0.25, -0.2) is 0 Å². The molecule has 0 rings (SSSR count). The minimum absolute atomic E-state index is 0. The molecular weight excluding hydrogens is 91.9 g/mol. The van der Waals surface area contributed by atoms with Crippen molar-refractivity contribution in [2.75, 3.05) is 0 Å². The van der Waals surface area contributed by atoms with Crippen molar-refractivity contribution in [1.82, 2.24) is 0 Å². The summed E-state index contributed by atoms with van der Waals surface area (Å²) in [6, 6.07) is 0. The van der Waals surface area contributed by atoms with E-state index < -0.39 is 0 Å². The van der Waals surface area contributed by atoms with Gasteiger partial charge in [0.25, 0.3) is 0 Å². The molecule has 4 heavy (non-hydrogen) atoms. The Balaban J connectivity index is -0.00000000500. The van der Waals surface area contributed by atoms with E-state index in [0.717, 1.165) is 0 Å². The molecule has 0 bridgehead atoms. The zero-order valence-electron chi connectivity index (χ0n) is 1.91. The van der Waals surface area contributed by atoms with Crippen LogP contribution in [0.25, 0.3) is 0 Å². The van der Waals surface area contributed by atoms with E-state index in [1.165, 1.54) is 0 Å². The van der Waals surface area contributed by atoms with E-state index in [0.29, 0.717) is 0 Å². The second-order valence-corrected chi connectivity index (χ2v) is 0. The van der Waals surface area contributed by atoms with Crippen LogP contribution in [-0.4, -0.2) is 5.48 Å². The minimum atomic E-state index is 0. The second kappa shape index (κ2) is 116. The van der Waals surface area contributed by atoms with E-state index in [2.05, 4.69) is 6.65 Å². The Morgan fingerprint density at radius 3 is 1.25 bits per heavy atom. The number of hydrogen-bond acceptors (Lipinski definition) is 0. The smallest absolute Gasteiger partial charge is 4.00 e. The van der Waals surface area contributed by atoms with Gasteiger partial charge in [0, 0.05) is 0 Å². The molecule has 0 aliphatic heterocycles. The van der Waals surface area contributed by atoms with Crippen molar-refractivity contribution in [2.45, 2.75) is 0 Å². The monoisotopic (exact) mass is 94.0 g/mol. The summed E-state index contributed by atoms with van der Waals surface area (Å²) < 4.78 is 7.50. The Morgan fingerprint density at radius 1 is 1.25 bits per heavy atom. The second-order valence-electron chi connectivity index (χ2n) is 0. The summed E-state index contributed by atoms with van der Waals surface area (Å²) in [6.07, 6.45) is 0. The molecule has 0 aliphatic carbocycles. The van der Waals surface area contributed by atoms with Gasteiger partial charge in [-0.2, -0.15) is 0 Å². The molecule has 0 saturated carbocycles. The fraction of sp³-hybridized carbons (Fsp3) is 0. The largest absolute Gasteiger partial charge is 4.00 e. The number of rotatable bonds is 0. The van der Waals surface area contributed by atoms with Crippen molar-refractivity contribution < 1.29 is 31.8 Å². The van der Waals surface area contributed by atoms with Crippen LogP contribution in [-0.2, 0) is 26.4 Å². The first-order chi connectivity index (χ1) is 1.00. The van der Waals surface area contributed by atoms with E-state index in [-0.39, 0.29) is 27.2 Å². The molecule has 0 aromatic carbocycles. The van der Waals surface area contributed by atoms with E-state index in [9.17, 15) is 0 Å². The van der Waals surface area contributed by atoms with Crippen LogP contribution in [0.15, 0.2) is 0 Å². The topological polar surface area (TPSA) is 51.4 Å². The van der Waals surface area contributed by atoms with Crippen LogP contribution >= 0.6 is 0 Å². The molecule has 0 amide bonds. The molecule has 3 heteroatoms. The minimum Gasteiger partial charge on any atom is 4.00 e. The molecule has 2 nitrogen and oxygen atoms in total. The predicted molar refractivity (Wildman–Crippen MR) is 7.54 cm³/mol.